The smallest absolute Gasteiger partial charge is 0.240 e. The molecule has 1 fully saturated rings. The summed E-state index contributed by atoms with van der Waals surface area (Å²) >= 11 is 0. The van der Waals surface area contributed by atoms with E-state index in [0.717, 1.165) is 12.8 Å². The van der Waals surface area contributed by atoms with Crippen LogP contribution in [0.5, 0.6) is 0 Å². The Bertz CT molecular complexity index is 229. The Kier molecular flexibility index (Phi) is 4.11. The second-order valence-electron chi connectivity index (χ2n) is 4.70. The maximum Gasteiger partial charge on any atom is 0.240 e. The molecule has 1 rings (SSSR count). The van der Waals surface area contributed by atoms with Gasteiger partial charge in [-0.25, -0.2) is 0 Å². The van der Waals surface area contributed by atoms with E-state index in [1.54, 1.807) is 7.11 Å². The number of methoxy groups -OCH3 is 1. The van der Waals surface area contributed by atoms with Crippen LogP contribution in [0.4, 0.5) is 0 Å². The highest BCUT2D eigenvalue weighted by Gasteiger charge is 2.33. The number of nitrogens with zero attached hydrogens (tertiary/aromatic N) is 1. The van der Waals surface area contributed by atoms with Gasteiger partial charge in [-0.05, 0) is 20.3 Å². The molecule has 0 saturated carbocycles. The van der Waals surface area contributed by atoms with Gasteiger partial charge in [0.15, 0.2) is 0 Å². The summed E-state index contributed by atoms with van der Waals surface area (Å²) in [6.45, 7) is 7.38. The Labute approximate surface area is 92.0 Å². The van der Waals surface area contributed by atoms with Crippen LogP contribution < -0.4 is 5.32 Å². The topological polar surface area (TPSA) is 41.6 Å². The fourth-order valence-electron chi connectivity index (χ4n) is 1.78. The zero-order valence-corrected chi connectivity index (χ0v) is 10.2. The van der Waals surface area contributed by atoms with Gasteiger partial charge in [0.25, 0.3) is 0 Å². The third-order valence-corrected chi connectivity index (χ3v) is 2.84. The van der Waals surface area contributed by atoms with Gasteiger partial charge < -0.3 is 9.64 Å². The van der Waals surface area contributed by atoms with Crippen molar-refractivity contribution in [3.63, 3.8) is 0 Å². The van der Waals surface area contributed by atoms with Crippen molar-refractivity contribution in [3.8, 4) is 0 Å². The first-order valence-electron chi connectivity index (χ1n) is 5.57. The van der Waals surface area contributed by atoms with Gasteiger partial charge in [0.1, 0.15) is 0 Å². The number of nitrogens with one attached hydrogen (secondary N) is 1. The van der Waals surface area contributed by atoms with Crippen LogP contribution in [0.1, 0.15) is 33.6 Å². The number of hydrogen-bond donors (Lipinski definition) is 1. The lowest BCUT2D eigenvalue weighted by Crippen LogP contribution is -2.42. The second kappa shape index (κ2) is 4.94. The number of hydrogen-bond acceptors (Lipinski definition) is 3. The average Bonchev–Trinajstić information content (AvgIpc) is 2.50. The van der Waals surface area contributed by atoms with Gasteiger partial charge in [0.2, 0.25) is 5.91 Å². The summed E-state index contributed by atoms with van der Waals surface area (Å²) < 4.78 is 5.32. The molecule has 0 bridgehead atoms. The summed E-state index contributed by atoms with van der Waals surface area (Å²) in [6.07, 6.45) is 1.95. The minimum atomic E-state index is -0.265. The zero-order chi connectivity index (χ0) is 11.5. The molecule has 1 atom stereocenters. The van der Waals surface area contributed by atoms with E-state index in [-0.39, 0.29) is 17.6 Å². The van der Waals surface area contributed by atoms with Gasteiger partial charge in [-0.15, -0.1) is 0 Å². The molecule has 1 heterocycles. The van der Waals surface area contributed by atoms with Gasteiger partial charge in [-0.1, -0.05) is 13.3 Å². The fourth-order valence-corrected chi connectivity index (χ4v) is 1.78. The van der Waals surface area contributed by atoms with Crippen LogP contribution in [0.3, 0.4) is 0 Å². The fraction of sp³-hybridized carbons (Fsp3) is 0.909. The normalized spacial score (nSPS) is 22.5. The quantitative estimate of drug-likeness (QED) is 0.741. The van der Waals surface area contributed by atoms with E-state index in [2.05, 4.69) is 12.2 Å². The van der Waals surface area contributed by atoms with Gasteiger partial charge >= 0.3 is 0 Å². The number of ether oxygens (including phenoxy) is 1. The standard InChI is InChI=1S/C11H22N2O2/c1-5-6-9-10(14)13(8-12-9)7-11(2,3)15-4/h9,12H,5-8H2,1-4H3. The highest BCUT2D eigenvalue weighted by molar-refractivity contribution is 5.83. The molecular formula is C11H22N2O2. The van der Waals surface area contributed by atoms with Crippen molar-refractivity contribution in [3.05, 3.63) is 0 Å². The third-order valence-electron chi connectivity index (χ3n) is 2.84. The molecular weight excluding hydrogens is 192 g/mol. The minimum Gasteiger partial charge on any atom is -0.377 e. The zero-order valence-electron chi connectivity index (χ0n) is 10.2. The van der Waals surface area contributed by atoms with Crippen LogP contribution in [0.2, 0.25) is 0 Å². The maximum absolute atomic E-state index is 11.9. The van der Waals surface area contributed by atoms with Crippen molar-refractivity contribution in [2.24, 2.45) is 0 Å². The van der Waals surface area contributed by atoms with E-state index in [1.165, 1.54) is 0 Å². The van der Waals surface area contributed by atoms with Gasteiger partial charge in [0.05, 0.1) is 24.9 Å². The van der Waals surface area contributed by atoms with Crippen LogP contribution >= 0.6 is 0 Å². The first kappa shape index (κ1) is 12.5. The average molecular weight is 214 g/mol. The molecule has 0 aromatic rings. The largest absolute Gasteiger partial charge is 0.377 e. The molecule has 1 aliphatic rings. The van der Waals surface area contributed by atoms with E-state index in [4.69, 9.17) is 4.74 Å². The number of amides is 1. The monoisotopic (exact) mass is 214 g/mol. The van der Waals surface area contributed by atoms with Gasteiger partial charge in [0, 0.05) is 7.11 Å². The van der Waals surface area contributed by atoms with Crippen molar-refractivity contribution in [2.45, 2.75) is 45.3 Å². The summed E-state index contributed by atoms with van der Waals surface area (Å²) in [5, 5.41) is 3.22. The molecule has 1 amide bonds. The lowest BCUT2D eigenvalue weighted by Gasteiger charge is -2.28. The number of carbonyl (C=O) groups excluding carboxylic acids is 1. The van der Waals surface area contributed by atoms with E-state index in [0.29, 0.717) is 13.2 Å². The van der Waals surface area contributed by atoms with Crippen LogP contribution in [-0.2, 0) is 9.53 Å². The highest BCUT2D eigenvalue weighted by atomic mass is 16.5. The molecule has 88 valence electrons. The molecule has 0 spiro atoms. The Morgan fingerprint density at radius 3 is 2.80 bits per heavy atom. The SMILES string of the molecule is CCCC1NCN(CC(C)(C)OC)C1=O. The summed E-state index contributed by atoms with van der Waals surface area (Å²) in [7, 11) is 1.68. The third kappa shape index (κ3) is 3.18. The Morgan fingerprint density at radius 2 is 2.27 bits per heavy atom. The van der Waals surface area contributed by atoms with Crippen LogP contribution in [-0.4, -0.2) is 42.8 Å². The summed E-state index contributed by atoms with van der Waals surface area (Å²) in [6, 6.07) is 0.0163. The Hall–Kier alpha value is -0.610. The van der Waals surface area contributed by atoms with E-state index < -0.39 is 0 Å². The van der Waals surface area contributed by atoms with Crippen molar-refractivity contribution < 1.29 is 9.53 Å². The molecule has 1 saturated heterocycles. The maximum atomic E-state index is 11.9. The molecule has 1 N–H and O–H groups in total. The molecule has 0 aromatic heterocycles. The van der Waals surface area contributed by atoms with E-state index in [1.807, 2.05) is 18.7 Å². The molecule has 0 radical (unpaired) electrons. The van der Waals surface area contributed by atoms with Crippen molar-refractivity contribution in [1.82, 2.24) is 10.2 Å². The molecule has 4 nitrogen and oxygen atoms in total. The van der Waals surface area contributed by atoms with E-state index in [9.17, 15) is 4.79 Å². The first-order valence-corrected chi connectivity index (χ1v) is 5.57. The predicted octanol–water partition coefficient (Wildman–Crippen LogP) is 0.969. The van der Waals surface area contributed by atoms with Crippen molar-refractivity contribution in [2.75, 3.05) is 20.3 Å². The van der Waals surface area contributed by atoms with Crippen molar-refractivity contribution in [1.29, 1.82) is 0 Å². The highest BCUT2D eigenvalue weighted by Crippen LogP contribution is 2.15. The lowest BCUT2D eigenvalue weighted by atomic mass is 10.1. The number of rotatable bonds is 5. The second-order valence-corrected chi connectivity index (χ2v) is 4.70. The molecule has 0 aromatic carbocycles. The summed E-state index contributed by atoms with van der Waals surface area (Å²) in [4.78, 5) is 13.7. The van der Waals surface area contributed by atoms with Crippen LogP contribution in [0.25, 0.3) is 0 Å². The molecule has 4 heteroatoms. The van der Waals surface area contributed by atoms with Crippen LogP contribution in [0, 0.1) is 0 Å². The van der Waals surface area contributed by atoms with Gasteiger partial charge in [-0.2, -0.15) is 0 Å². The summed E-state index contributed by atoms with van der Waals surface area (Å²) in [5.74, 6) is 0.210. The summed E-state index contributed by atoms with van der Waals surface area (Å²) in [5.41, 5.74) is -0.265. The first-order chi connectivity index (χ1) is 7.00. The van der Waals surface area contributed by atoms with Crippen molar-refractivity contribution >= 4 is 5.91 Å². The van der Waals surface area contributed by atoms with Gasteiger partial charge in [-0.3, -0.25) is 10.1 Å². The Balaban J connectivity index is 2.49. The lowest BCUT2D eigenvalue weighted by molar-refractivity contribution is -0.132. The van der Waals surface area contributed by atoms with Crippen LogP contribution in [0.15, 0.2) is 0 Å². The molecule has 0 aliphatic carbocycles. The number of carbonyl (C=O) groups is 1. The molecule has 1 aliphatic heterocycles. The predicted molar refractivity (Wildman–Crippen MR) is 59.5 cm³/mol. The molecule has 15 heavy (non-hydrogen) atoms. The molecule has 1 unspecified atom stereocenters. The minimum absolute atomic E-state index is 0.0163. The Morgan fingerprint density at radius 1 is 1.60 bits per heavy atom. The van der Waals surface area contributed by atoms with E-state index >= 15 is 0 Å².